The van der Waals surface area contributed by atoms with Crippen molar-refractivity contribution in [2.45, 2.75) is 38.4 Å². The molecule has 0 aromatic heterocycles. The molecule has 0 fully saturated rings. The van der Waals surface area contributed by atoms with Gasteiger partial charge in [0, 0.05) is 11.3 Å². The number of nitrogens with one attached hydrogen (secondary N) is 2. The fraction of sp³-hybridized carbons (Fsp3) is 0.321. The third-order valence-corrected chi connectivity index (χ3v) is 6.74. The number of para-hydroxylation sites is 1. The highest BCUT2D eigenvalue weighted by molar-refractivity contribution is 6.02. The number of amides is 2. The molecule has 36 heavy (non-hydrogen) atoms. The second-order valence-electron chi connectivity index (χ2n) is 8.84. The Morgan fingerprint density at radius 2 is 1.89 bits per heavy atom. The molecular formula is C28H31N3O5. The fourth-order valence-electron chi connectivity index (χ4n) is 4.57. The minimum Gasteiger partial charge on any atom is -0.496 e. The summed E-state index contributed by atoms with van der Waals surface area (Å²) in [5, 5.41) is 7.54. The van der Waals surface area contributed by atoms with Gasteiger partial charge in [0.15, 0.2) is 0 Å². The molecule has 2 amide bonds. The molecule has 1 aliphatic rings. The predicted molar refractivity (Wildman–Crippen MR) is 138 cm³/mol. The van der Waals surface area contributed by atoms with Crippen LogP contribution in [0.2, 0.25) is 0 Å². The van der Waals surface area contributed by atoms with E-state index < -0.39 is 18.1 Å². The molecule has 188 valence electrons. The Labute approximate surface area is 210 Å². The smallest absolute Gasteiger partial charge is 0.337 e. The third-order valence-electron chi connectivity index (χ3n) is 6.74. The number of nitrogens with zero attached hydrogens (tertiary/aromatic N) is 1. The average molecular weight is 490 g/mol. The summed E-state index contributed by atoms with van der Waals surface area (Å²) >= 11 is 0. The number of carbonyl (C=O) groups excluding carboxylic acids is 3. The van der Waals surface area contributed by atoms with Gasteiger partial charge in [-0.05, 0) is 67.4 Å². The molecule has 0 spiro atoms. The zero-order valence-electron chi connectivity index (χ0n) is 21.0. The lowest BCUT2D eigenvalue weighted by Gasteiger charge is -2.28. The van der Waals surface area contributed by atoms with E-state index in [2.05, 4.69) is 10.6 Å². The van der Waals surface area contributed by atoms with Gasteiger partial charge in [-0.1, -0.05) is 30.3 Å². The molecule has 8 heteroatoms. The van der Waals surface area contributed by atoms with E-state index in [1.54, 1.807) is 38.1 Å². The lowest BCUT2D eigenvalue weighted by atomic mass is 10.00. The number of likely N-dealkylation sites (N-methyl/N-ethyl adjacent to an activating group) is 1. The van der Waals surface area contributed by atoms with Crippen LogP contribution in [0.25, 0.3) is 10.8 Å². The number of esters is 1. The first kappa shape index (κ1) is 25.2. The molecule has 1 aliphatic heterocycles. The number of hydrogen-bond acceptors (Lipinski definition) is 6. The minimum atomic E-state index is -0.660. The predicted octanol–water partition coefficient (Wildman–Crippen LogP) is 3.21. The number of hydrogen-bond donors (Lipinski definition) is 2. The van der Waals surface area contributed by atoms with Crippen LogP contribution in [0.1, 0.15) is 34.8 Å². The molecule has 3 aromatic carbocycles. The van der Waals surface area contributed by atoms with Gasteiger partial charge >= 0.3 is 5.97 Å². The van der Waals surface area contributed by atoms with Crippen molar-refractivity contribution in [3.05, 3.63) is 71.3 Å². The summed E-state index contributed by atoms with van der Waals surface area (Å²) in [7, 11) is 4.65. The van der Waals surface area contributed by atoms with E-state index in [4.69, 9.17) is 9.47 Å². The first-order valence-corrected chi connectivity index (χ1v) is 11.9. The fourth-order valence-corrected chi connectivity index (χ4v) is 4.57. The van der Waals surface area contributed by atoms with Crippen LogP contribution < -0.4 is 20.3 Å². The van der Waals surface area contributed by atoms with Gasteiger partial charge in [0.1, 0.15) is 11.8 Å². The maximum Gasteiger partial charge on any atom is 0.337 e. The van der Waals surface area contributed by atoms with E-state index in [9.17, 15) is 14.4 Å². The lowest BCUT2D eigenvalue weighted by molar-refractivity contribution is -0.128. The van der Waals surface area contributed by atoms with Gasteiger partial charge in [-0.3, -0.25) is 9.59 Å². The van der Waals surface area contributed by atoms with Crippen molar-refractivity contribution >= 4 is 34.2 Å². The second-order valence-corrected chi connectivity index (χ2v) is 8.84. The van der Waals surface area contributed by atoms with Crippen molar-refractivity contribution in [3.8, 4) is 5.75 Å². The highest BCUT2D eigenvalue weighted by Crippen LogP contribution is 2.34. The molecule has 3 aromatic rings. The van der Waals surface area contributed by atoms with Crippen LogP contribution in [-0.2, 0) is 27.3 Å². The summed E-state index contributed by atoms with van der Waals surface area (Å²) in [4.78, 5) is 40.3. The molecule has 8 nitrogen and oxygen atoms in total. The Hall–Kier alpha value is -3.91. The molecule has 0 saturated heterocycles. The Balaban J connectivity index is 1.78. The normalized spacial score (nSPS) is 16.2. The Morgan fingerprint density at radius 3 is 2.61 bits per heavy atom. The van der Waals surface area contributed by atoms with Crippen molar-refractivity contribution < 1.29 is 23.9 Å². The highest BCUT2D eigenvalue weighted by Gasteiger charge is 2.33. The number of anilines is 1. The SMILES string of the molecule is CNC(C)C(=O)NC1CCc2ccccc2N(Cc2c(OC)ccc3cc(C(=O)OC)ccc23)C1=O. The molecule has 2 unspecified atom stereocenters. The Morgan fingerprint density at radius 1 is 1.11 bits per heavy atom. The molecule has 2 N–H and O–H groups in total. The van der Waals surface area contributed by atoms with Crippen molar-refractivity contribution in [2.75, 3.05) is 26.2 Å². The van der Waals surface area contributed by atoms with Gasteiger partial charge in [-0.15, -0.1) is 0 Å². The number of carbonyl (C=O) groups is 3. The number of ether oxygens (including phenoxy) is 2. The molecule has 4 rings (SSSR count). The van der Waals surface area contributed by atoms with Crippen molar-refractivity contribution in [3.63, 3.8) is 0 Å². The largest absolute Gasteiger partial charge is 0.496 e. The summed E-state index contributed by atoms with van der Waals surface area (Å²) in [5.41, 5.74) is 3.10. The summed E-state index contributed by atoms with van der Waals surface area (Å²) in [6.07, 6.45) is 1.16. The summed E-state index contributed by atoms with van der Waals surface area (Å²) in [6.45, 7) is 1.99. The molecule has 0 radical (unpaired) electrons. The number of fused-ring (bicyclic) bond motifs is 2. The molecule has 0 saturated carbocycles. The standard InChI is InChI=1S/C28H31N3O5/c1-17(29-2)26(32)30-23-13-10-18-7-5-6-8-24(18)31(27(23)33)16-22-21-12-9-20(28(34)36-4)15-19(21)11-14-25(22)35-3/h5-9,11-12,14-15,17,23,29H,10,13,16H2,1-4H3,(H,30,32). The second kappa shape index (κ2) is 10.8. The van der Waals surface area contributed by atoms with Crippen LogP contribution in [0.5, 0.6) is 5.75 Å². The number of rotatable bonds is 7. The third kappa shape index (κ3) is 4.90. The maximum absolute atomic E-state index is 13.9. The van der Waals surface area contributed by atoms with Crippen molar-refractivity contribution in [1.29, 1.82) is 0 Å². The van der Waals surface area contributed by atoms with Gasteiger partial charge < -0.3 is 25.0 Å². The first-order valence-electron chi connectivity index (χ1n) is 11.9. The quantitative estimate of drug-likeness (QED) is 0.495. The summed E-state index contributed by atoms with van der Waals surface area (Å²) in [5.74, 6) is -0.186. The molecule has 1 heterocycles. The van der Waals surface area contributed by atoms with Crippen LogP contribution in [-0.4, -0.2) is 51.1 Å². The Bertz CT molecular complexity index is 1310. The van der Waals surface area contributed by atoms with Gasteiger partial charge in [0.2, 0.25) is 11.8 Å². The van der Waals surface area contributed by atoms with Crippen molar-refractivity contribution in [1.82, 2.24) is 10.6 Å². The van der Waals surface area contributed by atoms with E-state index in [1.807, 2.05) is 42.5 Å². The number of methoxy groups -OCH3 is 2. The van der Waals surface area contributed by atoms with Crippen LogP contribution in [0, 0.1) is 0 Å². The van der Waals surface area contributed by atoms with E-state index in [0.29, 0.717) is 24.2 Å². The van der Waals surface area contributed by atoms with Gasteiger partial charge in [-0.2, -0.15) is 0 Å². The lowest BCUT2D eigenvalue weighted by Crippen LogP contribution is -2.52. The van der Waals surface area contributed by atoms with Gasteiger partial charge in [-0.25, -0.2) is 4.79 Å². The van der Waals surface area contributed by atoms with Crippen LogP contribution in [0.15, 0.2) is 54.6 Å². The first-order chi connectivity index (χ1) is 17.4. The zero-order valence-corrected chi connectivity index (χ0v) is 21.0. The van der Waals surface area contributed by atoms with E-state index >= 15 is 0 Å². The van der Waals surface area contributed by atoms with Gasteiger partial charge in [0.25, 0.3) is 0 Å². The molecule has 0 bridgehead atoms. The van der Waals surface area contributed by atoms with E-state index in [-0.39, 0.29) is 18.4 Å². The molecular weight excluding hydrogens is 458 g/mol. The van der Waals surface area contributed by atoms with Gasteiger partial charge in [0.05, 0.1) is 32.4 Å². The Kier molecular flexibility index (Phi) is 7.55. The average Bonchev–Trinajstić information content (AvgIpc) is 3.04. The topological polar surface area (TPSA) is 97.0 Å². The van der Waals surface area contributed by atoms with Crippen molar-refractivity contribution in [2.24, 2.45) is 0 Å². The number of aryl methyl sites for hydroxylation is 1. The van der Waals surface area contributed by atoms with Crippen LogP contribution >= 0.6 is 0 Å². The molecule has 2 atom stereocenters. The van der Waals surface area contributed by atoms with Crippen LogP contribution in [0.3, 0.4) is 0 Å². The van der Waals surface area contributed by atoms with Crippen LogP contribution in [0.4, 0.5) is 5.69 Å². The van der Waals surface area contributed by atoms with E-state index in [0.717, 1.165) is 27.6 Å². The summed E-state index contributed by atoms with van der Waals surface area (Å²) < 4.78 is 10.5. The van der Waals surface area contributed by atoms with E-state index in [1.165, 1.54) is 7.11 Å². The minimum absolute atomic E-state index is 0.179. The maximum atomic E-state index is 13.9. The zero-order chi connectivity index (χ0) is 25.8. The highest BCUT2D eigenvalue weighted by atomic mass is 16.5. The number of benzene rings is 3. The monoisotopic (exact) mass is 489 g/mol. The molecule has 0 aliphatic carbocycles. The summed E-state index contributed by atoms with van der Waals surface area (Å²) in [6, 6.07) is 15.8.